The Morgan fingerprint density at radius 3 is 2.46 bits per heavy atom. The molecule has 5 heteroatoms. The van der Waals surface area contributed by atoms with Crippen molar-refractivity contribution in [2.24, 2.45) is 0 Å². The van der Waals surface area contributed by atoms with Crippen LogP contribution in [0.2, 0.25) is 0 Å². The first-order valence-electron chi connectivity index (χ1n) is 7.49. The number of nitrogens with one attached hydrogen (secondary N) is 1. The highest BCUT2D eigenvalue weighted by molar-refractivity contribution is 6.03. The van der Waals surface area contributed by atoms with Crippen molar-refractivity contribution in [3.63, 3.8) is 0 Å². The van der Waals surface area contributed by atoms with Crippen LogP contribution < -0.4 is 5.32 Å². The van der Waals surface area contributed by atoms with Crippen LogP contribution in [0.3, 0.4) is 0 Å². The van der Waals surface area contributed by atoms with Gasteiger partial charge in [-0.1, -0.05) is 36.4 Å². The minimum Gasteiger partial charge on any atom is -0.435 e. The average molecular weight is 315 g/mol. The highest BCUT2D eigenvalue weighted by Crippen LogP contribution is 2.22. The van der Waals surface area contributed by atoms with Crippen molar-refractivity contribution in [1.82, 2.24) is 9.97 Å². The Kier molecular flexibility index (Phi) is 3.51. The summed E-state index contributed by atoms with van der Waals surface area (Å²) in [6.45, 7) is 0. The molecule has 116 valence electrons. The normalized spacial score (nSPS) is 10.7. The quantitative estimate of drug-likeness (QED) is 0.617. The second-order valence-electron chi connectivity index (χ2n) is 5.21. The number of aromatic nitrogens is 2. The lowest BCUT2D eigenvalue weighted by Crippen LogP contribution is -2.13. The van der Waals surface area contributed by atoms with Crippen LogP contribution in [0.5, 0.6) is 0 Å². The number of pyridine rings is 1. The number of hydrogen-bond acceptors (Lipinski definition) is 4. The van der Waals surface area contributed by atoms with Gasteiger partial charge in [-0.15, -0.1) is 0 Å². The van der Waals surface area contributed by atoms with Gasteiger partial charge in [0, 0.05) is 5.69 Å². The van der Waals surface area contributed by atoms with Crippen molar-refractivity contribution in [1.29, 1.82) is 0 Å². The van der Waals surface area contributed by atoms with Gasteiger partial charge in [-0.05, 0) is 36.4 Å². The summed E-state index contributed by atoms with van der Waals surface area (Å²) >= 11 is 0. The van der Waals surface area contributed by atoms with Gasteiger partial charge in [0.25, 0.3) is 5.91 Å². The number of rotatable bonds is 3. The van der Waals surface area contributed by atoms with Crippen molar-refractivity contribution in [2.75, 3.05) is 5.32 Å². The van der Waals surface area contributed by atoms with Gasteiger partial charge in [0.15, 0.2) is 5.58 Å². The van der Waals surface area contributed by atoms with Crippen LogP contribution in [0.25, 0.3) is 22.7 Å². The van der Waals surface area contributed by atoms with Crippen LogP contribution in [0, 0.1) is 0 Å². The number of carbonyl (C=O) groups excluding carboxylic acids is 1. The molecule has 0 fully saturated rings. The van der Waals surface area contributed by atoms with Gasteiger partial charge in [-0.3, -0.25) is 4.79 Å². The Labute approximate surface area is 138 Å². The zero-order chi connectivity index (χ0) is 16.4. The number of hydrogen-bond donors (Lipinski definition) is 1. The predicted octanol–water partition coefficient (Wildman–Crippen LogP) is 4.14. The second kappa shape index (κ2) is 5.96. The SMILES string of the molecule is O=C(Nc1ccccc1)c1cccc(-c2nc3ccccc3o2)n1. The maximum atomic E-state index is 12.3. The molecule has 0 aliphatic carbocycles. The summed E-state index contributed by atoms with van der Waals surface area (Å²) < 4.78 is 5.70. The van der Waals surface area contributed by atoms with E-state index in [9.17, 15) is 4.79 Å². The molecule has 24 heavy (non-hydrogen) atoms. The lowest BCUT2D eigenvalue weighted by atomic mass is 10.2. The Balaban J connectivity index is 1.64. The number of benzene rings is 2. The molecule has 0 bridgehead atoms. The predicted molar refractivity (Wildman–Crippen MR) is 91.6 cm³/mol. The lowest BCUT2D eigenvalue weighted by Gasteiger charge is -2.05. The highest BCUT2D eigenvalue weighted by Gasteiger charge is 2.13. The molecule has 0 saturated heterocycles. The summed E-state index contributed by atoms with van der Waals surface area (Å²) in [5, 5.41) is 2.81. The van der Waals surface area contributed by atoms with E-state index in [4.69, 9.17) is 4.42 Å². The fourth-order valence-corrected chi connectivity index (χ4v) is 2.38. The third kappa shape index (κ3) is 2.75. The standard InChI is InChI=1S/C19H13N3O2/c23-18(20-13-7-2-1-3-8-13)15-10-6-11-16(21-15)19-22-14-9-4-5-12-17(14)24-19/h1-12H,(H,20,23). The number of carbonyl (C=O) groups is 1. The number of amides is 1. The van der Waals surface area contributed by atoms with E-state index in [0.29, 0.717) is 22.9 Å². The molecule has 5 nitrogen and oxygen atoms in total. The molecule has 2 heterocycles. The molecule has 2 aromatic carbocycles. The molecular formula is C19H13N3O2. The maximum absolute atomic E-state index is 12.3. The summed E-state index contributed by atoms with van der Waals surface area (Å²) in [5.74, 6) is 0.115. The Bertz CT molecular complexity index is 976. The van der Waals surface area contributed by atoms with Crippen molar-refractivity contribution in [3.05, 3.63) is 78.5 Å². The van der Waals surface area contributed by atoms with Crippen LogP contribution in [0.4, 0.5) is 5.69 Å². The fourth-order valence-electron chi connectivity index (χ4n) is 2.38. The number of nitrogens with zero attached hydrogens (tertiary/aromatic N) is 2. The minimum atomic E-state index is -0.279. The van der Waals surface area contributed by atoms with E-state index in [1.54, 1.807) is 18.2 Å². The van der Waals surface area contributed by atoms with E-state index in [0.717, 1.165) is 11.2 Å². The van der Waals surface area contributed by atoms with Crippen LogP contribution in [-0.2, 0) is 0 Å². The molecule has 0 saturated carbocycles. The largest absolute Gasteiger partial charge is 0.435 e. The average Bonchev–Trinajstić information content (AvgIpc) is 3.07. The summed E-state index contributed by atoms with van der Waals surface area (Å²) in [4.78, 5) is 21.1. The smallest absolute Gasteiger partial charge is 0.274 e. The molecule has 0 spiro atoms. The van der Waals surface area contributed by atoms with E-state index in [2.05, 4.69) is 15.3 Å². The molecule has 4 rings (SSSR count). The van der Waals surface area contributed by atoms with Crippen molar-refractivity contribution in [2.45, 2.75) is 0 Å². The lowest BCUT2D eigenvalue weighted by molar-refractivity contribution is 0.102. The van der Waals surface area contributed by atoms with E-state index in [1.807, 2.05) is 54.6 Å². The summed E-state index contributed by atoms with van der Waals surface area (Å²) in [7, 11) is 0. The molecule has 0 radical (unpaired) electrons. The topological polar surface area (TPSA) is 68.0 Å². The van der Waals surface area contributed by atoms with Crippen LogP contribution in [-0.4, -0.2) is 15.9 Å². The minimum absolute atomic E-state index is 0.279. The van der Waals surface area contributed by atoms with Gasteiger partial charge in [-0.2, -0.15) is 0 Å². The first kappa shape index (κ1) is 14.1. The van der Waals surface area contributed by atoms with Gasteiger partial charge < -0.3 is 9.73 Å². The number of anilines is 1. The van der Waals surface area contributed by atoms with Crippen LogP contribution in [0.1, 0.15) is 10.5 Å². The van der Waals surface area contributed by atoms with Gasteiger partial charge >= 0.3 is 0 Å². The van der Waals surface area contributed by atoms with Gasteiger partial charge in [0.1, 0.15) is 16.9 Å². The third-order valence-corrected chi connectivity index (χ3v) is 3.53. The Hall–Kier alpha value is -3.47. The van der Waals surface area contributed by atoms with Crippen LogP contribution >= 0.6 is 0 Å². The van der Waals surface area contributed by atoms with E-state index in [-0.39, 0.29) is 5.91 Å². The Morgan fingerprint density at radius 2 is 1.62 bits per heavy atom. The molecule has 0 aliphatic rings. The number of oxazole rings is 1. The summed E-state index contributed by atoms with van der Waals surface area (Å²) in [6, 6.07) is 21.9. The van der Waals surface area contributed by atoms with E-state index < -0.39 is 0 Å². The second-order valence-corrected chi connectivity index (χ2v) is 5.21. The molecule has 0 atom stereocenters. The first-order chi connectivity index (χ1) is 11.8. The van der Waals surface area contributed by atoms with Crippen molar-refractivity contribution < 1.29 is 9.21 Å². The molecule has 1 N–H and O–H groups in total. The third-order valence-electron chi connectivity index (χ3n) is 3.53. The van der Waals surface area contributed by atoms with Gasteiger partial charge in [-0.25, -0.2) is 9.97 Å². The summed E-state index contributed by atoms with van der Waals surface area (Å²) in [6.07, 6.45) is 0. The number of fused-ring (bicyclic) bond motifs is 1. The zero-order valence-corrected chi connectivity index (χ0v) is 12.6. The summed E-state index contributed by atoms with van der Waals surface area (Å²) in [5.41, 5.74) is 2.99. The maximum Gasteiger partial charge on any atom is 0.274 e. The fraction of sp³-hybridized carbons (Fsp3) is 0. The Morgan fingerprint density at radius 1 is 0.833 bits per heavy atom. The van der Waals surface area contributed by atoms with Crippen LogP contribution in [0.15, 0.2) is 77.2 Å². The van der Waals surface area contributed by atoms with Gasteiger partial charge in [0.2, 0.25) is 5.89 Å². The zero-order valence-electron chi connectivity index (χ0n) is 12.6. The van der Waals surface area contributed by atoms with Gasteiger partial charge in [0.05, 0.1) is 0 Å². The highest BCUT2D eigenvalue weighted by atomic mass is 16.3. The molecule has 4 aromatic rings. The van der Waals surface area contributed by atoms with E-state index in [1.165, 1.54) is 0 Å². The molecule has 1 amide bonds. The number of para-hydroxylation sites is 3. The first-order valence-corrected chi connectivity index (χ1v) is 7.49. The molecule has 0 aliphatic heterocycles. The molecule has 0 unspecified atom stereocenters. The monoisotopic (exact) mass is 315 g/mol. The van der Waals surface area contributed by atoms with E-state index >= 15 is 0 Å². The van der Waals surface area contributed by atoms with Crippen molar-refractivity contribution >= 4 is 22.7 Å². The van der Waals surface area contributed by atoms with Crippen molar-refractivity contribution in [3.8, 4) is 11.6 Å². The molecule has 2 aromatic heterocycles. The molecular weight excluding hydrogens is 302 g/mol.